The van der Waals surface area contributed by atoms with E-state index >= 15 is 0 Å². The van der Waals surface area contributed by atoms with Crippen molar-refractivity contribution in [3.8, 4) is 22.8 Å². The largest absolute Gasteiger partial charge is 0.488 e. The number of ether oxygens (including phenoxy) is 3. The molecule has 1 aromatic carbocycles. The molecule has 5 rings (SSSR count). The van der Waals surface area contributed by atoms with E-state index in [1.165, 1.54) is 0 Å². The van der Waals surface area contributed by atoms with Gasteiger partial charge in [0, 0.05) is 62.4 Å². The molecule has 0 bridgehead atoms. The molecule has 2 aliphatic heterocycles. The summed E-state index contributed by atoms with van der Waals surface area (Å²) in [4.78, 5) is 6.31. The Kier molecular flexibility index (Phi) is 7.33. The van der Waals surface area contributed by atoms with Gasteiger partial charge < -0.3 is 14.2 Å². The van der Waals surface area contributed by atoms with Crippen molar-refractivity contribution in [2.75, 3.05) is 26.4 Å². The number of halogens is 4. The quantitative estimate of drug-likeness (QED) is 0.419. The third-order valence-electron chi connectivity index (χ3n) is 6.58. The molecule has 7 nitrogen and oxygen atoms in total. The van der Waals surface area contributed by atoms with Crippen LogP contribution in [0.5, 0.6) is 11.5 Å². The first-order valence-corrected chi connectivity index (χ1v) is 12.5. The average molecular weight is 537 g/mol. The Morgan fingerprint density at radius 1 is 1.22 bits per heavy atom. The van der Waals surface area contributed by atoms with E-state index in [2.05, 4.69) is 15.0 Å². The van der Waals surface area contributed by atoms with Gasteiger partial charge in [0.15, 0.2) is 11.5 Å². The van der Waals surface area contributed by atoms with Gasteiger partial charge in [-0.15, -0.1) is 0 Å². The van der Waals surface area contributed by atoms with Gasteiger partial charge in [0.2, 0.25) is 0 Å². The first-order valence-electron chi connectivity index (χ1n) is 12.2. The number of fused-ring (bicyclic) bond motifs is 1. The van der Waals surface area contributed by atoms with Crippen LogP contribution in [0.25, 0.3) is 11.3 Å². The standard InChI is InChI=1S/C26H28ClF3N4O3/c1-16-19(12-33(2)32-16)14-34-5-7-36-25-18(13-34)8-17(9-23(25)37-15-21-4-3-6-35-21)24-22(27)10-20(11-31-24)26(28,29)30/h8-12,21H,3-7,13-15H2,1-2H3. The van der Waals surface area contributed by atoms with Crippen LogP contribution >= 0.6 is 11.6 Å². The first kappa shape index (κ1) is 25.8. The molecule has 2 aliphatic rings. The second kappa shape index (κ2) is 10.5. The van der Waals surface area contributed by atoms with Gasteiger partial charge in [0.25, 0.3) is 0 Å². The van der Waals surface area contributed by atoms with Crippen molar-refractivity contribution in [3.05, 3.63) is 58.0 Å². The molecule has 0 aliphatic carbocycles. The third kappa shape index (κ3) is 5.86. The van der Waals surface area contributed by atoms with E-state index in [1.807, 2.05) is 26.2 Å². The summed E-state index contributed by atoms with van der Waals surface area (Å²) >= 11 is 6.30. The van der Waals surface area contributed by atoms with Crippen molar-refractivity contribution in [1.82, 2.24) is 19.7 Å². The van der Waals surface area contributed by atoms with Gasteiger partial charge in [-0.1, -0.05) is 11.6 Å². The molecule has 1 atom stereocenters. The number of alkyl halides is 3. The highest BCUT2D eigenvalue weighted by molar-refractivity contribution is 6.33. The van der Waals surface area contributed by atoms with Crippen LogP contribution in [0.1, 0.15) is 35.2 Å². The summed E-state index contributed by atoms with van der Waals surface area (Å²) in [5.74, 6) is 1.12. The lowest BCUT2D eigenvalue weighted by Crippen LogP contribution is -2.25. The van der Waals surface area contributed by atoms with Crippen molar-refractivity contribution in [3.63, 3.8) is 0 Å². The zero-order chi connectivity index (χ0) is 26.2. The fourth-order valence-electron chi connectivity index (χ4n) is 4.73. The van der Waals surface area contributed by atoms with E-state index in [4.69, 9.17) is 25.8 Å². The van der Waals surface area contributed by atoms with Gasteiger partial charge in [-0.05, 0) is 38.0 Å². The summed E-state index contributed by atoms with van der Waals surface area (Å²) in [6.07, 6.45) is 0.151. The monoisotopic (exact) mass is 536 g/mol. The summed E-state index contributed by atoms with van der Waals surface area (Å²) in [7, 11) is 1.89. The third-order valence-corrected chi connectivity index (χ3v) is 6.87. The van der Waals surface area contributed by atoms with Crippen molar-refractivity contribution < 1.29 is 27.4 Å². The molecule has 0 N–H and O–H groups in total. The maximum Gasteiger partial charge on any atom is 0.417 e. The Balaban J connectivity index is 1.49. The van der Waals surface area contributed by atoms with E-state index in [0.29, 0.717) is 56.5 Å². The Morgan fingerprint density at radius 3 is 2.73 bits per heavy atom. The fourth-order valence-corrected chi connectivity index (χ4v) is 5.00. The van der Waals surface area contributed by atoms with Crippen LogP contribution in [0.4, 0.5) is 13.2 Å². The molecule has 37 heavy (non-hydrogen) atoms. The fraction of sp³-hybridized carbons (Fsp3) is 0.462. The Hall–Kier alpha value is -2.82. The molecule has 0 spiro atoms. The van der Waals surface area contributed by atoms with Crippen LogP contribution in [0.15, 0.2) is 30.6 Å². The highest BCUT2D eigenvalue weighted by Crippen LogP contribution is 2.41. The average Bonchev–Trinajstić information content (AvgIpc) is 3.41. The van der Waals surface area contributed by atoms with Gasteiger partial charge in [0.05, 0.1) is 28.1 Å². The maximum atomic E-state index is 13.2. The summed E-state index contributed by atoms with van der Waals surface area (Å²) < 4.78 is 59.3. The second-order valence-electron chi connectivity index (χ2n) is 9.43. The number of hydrogen-bond acceptors (Lipinski definition) is 6. The Labute approximate surface area is 218 Å². The molecule has 0 saturated carbocycles. The molecule has 1 fully saturated rings. The zero-order valence-electron chi connectivity index (χ0n) is 20.6. The van der Waals surface area contributed by atoms with Crippen molar-refractivity contribution in [2.45, 2.75) is 45.1 Å². The minimum absolute atomic E-state index is 0.0112. The van der Waals surface area contributed by atoms with Crippen LogP contribution < -0.4 is 9.47 Å². The highest BCUT2D eigenvalue weighted by atomic mass is 35.5. The molecular weight excluding hydrogens is 509 g/mol. The molecule has 11 heteroatoms. The molecule has 3 aromatic rings. The minimum atomic E-state index is -4.53. The van der Waals surface area contributed by atoms with E-state index in [1.54, 1.807) is 10.7 Å². The SMILES string of the molecule is Cc1nn(C)cc1CN1CCOc2c(cc(-c3ncc(C(F)(F)F)cc3Cl)cc2OCC2CCCO2)C1. The molecule has 0 amide bonds. The van der Waals surface area contributed by atoms with Gasteiger partial charge in [-0.3, -0.25) is 14.6 Å². The normalized spacial score (nSPS) is 18.4. The molecule has 0 radical (unpaired) electrons. The summed E-state index contributed by atoms with van der Waals surface area (Å²) in [6, 6.07) is 4.50. The highest BCUT2D eigenvalue weighted by Gasteiger charge is 2.32. The van der Waals surface area contributed by atoms with E-state index in [0.717, 1.165) is 41.9 Å². The number of rotatable bonds is 6. The Bertz CT molecular complexity index is 1270. The van der Waals surface area contributed by atoms with Crippen LogP contribution in [-0.2, 0) is 31.1 Å². The van der Waals surface area contributed by atoms with Crippen LogP contribution in [0.3, 0.4) is 0 Å². The number of hydrogen-bond donors (Lipinski definition) is 0. The first-order chi connectivity index (χ1) is 17.7. The van der Waals surface area contributed by atoms with Gasteiger partial charge in [-0.2, -0.15) is 18.3 Å². The van der Waals surface area contributed by atoms with Crippen LogP contribution in [0, 0.1) is 6.92 Å². The lowest BCUT2D eigenvalue weighted by Gasteiger charge is -2.20. The van der Waals surface area contributed by atoms with E-state index in [-0.39, 0.29) is 16.8 Å². The molecule has 1 unspecified atom stereocenters. The number of aromatic nitrogens is 3. The van der Waals surface area contributed by atoms with Crippen molar-refractivity contribution in [1.29, 1.82) is 0 Å². The summed E-state index contributed by atoms with van der Waals surface area (Å²) in [5.41, 5.74) is 2.83. The lowest BCUT2D eigenvalue weighted by atomic mass is 10.0. The molecule has 1 saturated heterocycles. The number of benzene rings is 1. The molecular formula is C26H28ClF3N4O3. The zero-order valence-corrected chi connectivity index (χ0v) is 21.4. The predicted molar refractivity (Wildman–Crippen MR) is 132 cm³/mol. The summed E-state index contributed by atoms with van der Waals surface area (Å²) in [6.45, 7) is 5.40. The second-order valence-corrected chi connectivity index (χ2v) is 9.84. The van der Waals surface area contributed by atoms with Crippen LogP contribution in [-0.4, -0.2) is 52.1 Å². The predicted octanol–water partition coefficient (Wildman–Crippen LogP) is 5.42. The van der Waals surface area contributed by atoms with Crippen LogP contribution in [0.2, 0.25) is 5.02 Å². The van der Waals surface area contributed by atoms with Crippen molar-refractivity contribution in [2.24, 2.45) is 7.05 Å². The van der Waals surface area contributed by atoms with E-state index in [9.17, 15) is 13.2 Å². The summed E-state index contributed by atoms with van der Waals surface area (Å²) in [5, 5.41) is 4.35. The minimum Gasteiger partial charge on any atom is -0.488 e. The molecule has 198 valence electrons. The lowest BCUT2D eigenvalue weighted by molar-refractivity contribution is -0.137. The molecule has 4 heterocycles. The van der Waals surface area contributed by atoms with Crippen molar-refractivity contribution >= 4 is 11.6 Å². The number of aryl methyl sites for hydroxylation is 2. The Morgan fingerprint density at radius 2 is 2.05 bits per heavy atom. The van der Waals surface area contributed by atoms with Gasteiger partial charge >= 0.3 is 6.18 Å². The smallest absolute Gasteiger partial charge is 0.417 e. The van der Waals surface area contributed by atoms with E-state index < -0.39 is 11.7 Å². The number of nitrogens with zero attached hydrogens (tertiary/aromatic N) is 4. The molecule has 2 aromatic heterocycles. The van der Waals surface area contributed by atoms with Gasteiger partial charge in [0.1, 0.15) is 13.2 Å². The maximum absolute atomic E-state index is 13.2. The number of pyridine rings is 1. The topological polar surface area (TPSA) is 61.6 Å². The van der Waals surface area contributed by atoms with Gasteiger partial charge in [-0.25, -0.2) is 0 Å².